The summed E-state index contributed by atoms with van der Waals surface area (Å²) >= 11 is 0. The molecule has 1 aliphatic rings. The van der Waals surface area contributed by atoms with Crippen molar-refractivity contribution in [3.63, 3.8) is 0 Å². The molecule has 0 amide bonds. The minimum Gasteiger partial charge on any atom is -0.371 e. The second-order valence-electron chi connectivity index (χ2n) is 4.52. The molecule has 3 heteroatoms. The molecule has 1 unspecified atom stereocenters. The molecule has 1 atom stereocenters. The second-order valence-corrected chi connectivity index (χ2v) is 4.52. The van der Waals surface area contributed by atoms with Crippen LogP contribution < -0.4 is 10.6 Å². The van der Waals surface area contributed by atoms with Gasteiger partial charge in [0.1, 0.15) is 5.82 Å². The zero-order valence-electron chi connectivity index (χ0n) is 9.53. The monoisotopic (exact) mass is 222 g/mol. The van der Waals surface area contributed by atoms with E-state index in [1.165, 1.54) is 31.4 Å². The standard InChI is InChI=1S/C13H19FN2/c14-12-4-6-13(7-5-12)16-8-2-1-3-11(9-15)10-16/h4-7,11H,1-3,8-10,15H2. The van der Waals surface area contributed by atoms with Crippen LogP contribution in [0.4, 0.5) is 10.1 Å². The van der Waals surface area contributed by atoms with Crippen molar-refractivity contribution < 1.29 is 4.39 Å². The Kier molecular flexibility index (Phi) is 3.78. The molecule has 0 saturated carbocycles. The fraction of sp³-hybridized carbons (Fsp3) is 0.538. The summed E-state index contributed by atoms with van der Waals surface area (Å²) in [4.78, 5) is 2.32. The summed E-state index contributed by atoms with van der Waals surface area (Å²) in [6.45, 7) is 2.81. The fourth-order valence-electron chi connectivity index (χ4n) is 2.31. The van der Waals surface area contributed by atoms with Crippen LogP contribution in [-0.2, 0) is 0 Å². The molecule has 2 rings (SSSR count). The summed E-state index contributed by atoms with van der Waals surface area (Å²) in [6, 6.07) is 6.76. The minimum absolute atomic E-state index is 0.172. The van der Waals surface area contributed by atoms with E-state index in [1.807, 2.05) is 12.1 Å². The van der Waals surface area contributed by atoms with Gasteiger partial charge in [-0.05, 0) is 49.6 Å². The van der Waals surface area contributed by atoms with E-state index in [4.69, 9.17) is 5.73 Å². The highest BCUT2D eigenvalue weighted by Crippen LogP contribution is 2.22. The Morgan fingerprint density at radius 3 is 2.69 bits per heavy atom. The molecule has 0 radical (unpaired) electrons. The van der Waals surface area contributed by atoms with Gasteiger partial charge in [-0.2, -0.15) is 0 Å². The van der Waals surface area contributed by atoms with Crippen molar-refractivity contribution in [2.24, 2.45) is 11.7 Å². The lowest BCUT2D eigenvalue weighted by Crippen LogP contribution is -2.31. The summed E-state index contributed by atoms with van der Waals surface area (Å²) < 4.78 is 12.8. The number of hydrogen-bond acceptors (Lipinski definition) is 2. The Morgan fingerprint density at radius 1 is 1.25 bits per heavy atom. The third-order valence-corrected chi connectivity index (χ3v) is 3.29. The Bertz CT molecular complexity index is 323. The molecule has 88 valence electrons. The van der Waals surface area contributed by atoms with Crippen LogP contribution >= 0.6 is 0 Å². The number of nitrogens with zero attached hydrogens (tertiary/aromatic N) is 1. The van der Waals surface area contributed by atoms with Gasteiger partial charge < -0.3 is 10.6 Å². The lowest BCUT2D eigenvalue weighted by molar-refractivity contribution is 0.508. The highest BCUT2D eigenvalue weighted by molar-refractivity contribution is 5.46. The van der Waals surface area contributed by atoms with Crippen LogP contribution in [0.25, 0.3) is 0 Å². The van der Waals surface area contributed by atoms with E-state index in [1.54, 1.807) is 0 Å². The van der Waals surface area contributed by atoms with Gasteiger partial charge in [0.15, 0.2) is 0 Å². The van der Waals surface area contributed by atoms with E-state index in [0.29, 0.717) is 5.92 Å². The summed E-state index contributed by atoms with van der Waals surface area (Å²) in [7, 11) is 0. The van der Waals surface area contributed by atoms with Crippen molar-refractivity contribution in [3.05, 3.63) is 30.1 Å². The number of hydrogen-bond donors (Lipinski definition) is 1. The number of rotatable bonds is 2. The first kappa shape index (κ1) is 11.4. The van der Waals surface area contributed by atoms with Crippen molar-refractivity contribution in [3.8, 4) is 0 Å². The average molecular weight is 222 g/mol. The van der Waals surface area contributed by atoms with Gasteiger partial charge in [-0.15, -0.1) is 0 Å². The maximum absolute atomic E-state index is 12.8. The van der Waals surface area contributed by atoms with Gasteiger partial charge in [0.05, 0.1) is 0 Å². The molecule has 2 nitrogen and oxygen atoms in total. The number of nitrogens with two attached hydrogens (primary N) is 1. The third-order valence-electron chi connectivity index (χ3n) is 3.29. The lowest BCUT2D eigenvalue weighted by Gasteiger charge is -2.25. The molecule has 1 aliphatic heterocycles. The zero-order chi connectivity index (χ0) is 11.4. The Morgan fingerprint density at radius 2 is 2.00 bits per heavy atom. The van der Waals surface area contributed by atoms with E-state index in [0.717, 1.165) is 25.3 Å². The first-order chi connectivity index (χ1) is 7.79. The van der Waals surface area contributed by atoms with Crippen molar-refractivity contribution in [2.45, 2.75) is 19.3 Å². The van der Waals surface area contributed by atoms with E-state index in [2.05, 4.69) is 4.90 Å². The van der Waals surface area contributed by atoms with Crippen LogP contribution in [0.5, 0.6) is 0 Å². The third kappa shape index (κ3) is 2.73. The van der Waals surface area contributed by atoms with Gasteiger partial charge in [-0.25, -0.2) is 4.39 Å². The fourth-order valence-corrected chi connectivity index (χ4v) is 2.31. The lowest BCUT2D eigenvalue weighted by atomic mass is 10.0. The molecule has 16 heavy (non-hydrogen) atoms. The molecule has 1 aromatic carbocycles. The van der Waals surface area contributed by atoms with Crippen LogP contribution in [0.2, 0.25) is 0 Å². The van der Waals surface area contributed by atoms with Crippen molar-refractivity contribution in [1.82, 2.24) is 0 Å². The van der Waals surface area contributed by atoms with Crippen LogP contribution in [-0.4, -0.2) is 19.6 Å². The van der Waals surface area contributed by atoms with Gasteiger partial charge in [0, 0.05) is 18.8 Å². The average Bonchev–Trinajstić information content (AvgIpc) is 2.55. The van der Waals surface area contributed by atoms with Crippen molar-refractivity contribution in [2.75, 3.05) is 24.5 Å². The minimum atomic E-state index is -0.172. The summed E-state index contributed by atoms with van der Waals surface area (Å²) in [5, 5.41) is 0. The molecule has 0 bridgehead atoms. The molecular weight excluding hydrogens is 203 g/mol. The summed E-state index contributed by atoms with van der Waals surface area (Å²) in [6.07, 6.45) is 3.67. The molecule has 1 saturated heterocycles. The zero-order valence-corrected chi connectivity index (χ0v) is 9.53. The highest BCUT2D eigenvalue weighted by Gasteiger charge is 2.17. The quantitative estimate of drug-likeness (QED) is 0.832. The SMILES string of the molecule is NCC1CCCCN(c2ccc(F)cc2)C1. The van der Waals surface area contributed by atoms with Gasteiger partial charge in [-0.3, -0.25) is 0 Å². The molecule has 1 aromatic rings. The number of benzene rings is 1. The first-order valence-electron chi connectivity index (χ1n) is 6.00. The van der Waals surface area contributed by atoms with Crippen LogP contribution in [0.3, 0.4) is 0 Å². The van der Waals surface area contributed by atoms with Crippen LogP contribution in [0, 0.1) is 11.7 Å². The second kappa shape index (κ2) is 5.30. The highest BCUT2D eigenvalue weighted by atomic mass is 19.1. The maximum Gasteiger partial charge on any atom is 0.123 e. The Labute approximate surface area is 96.2 Å². The smallest absolute Gasteiger partial charge is 0.123 e. The largest absolute Gasteiger partial charge is 0.371 e. The first-order valence-corrected chi connectivity index (χ1v) is 6.00. The van der Waals surface area contributed by atoms with Gasteiger partial charge in [0.2, 0.25) is 0 Å². The van der Waals surface area contributed by atoms with Crippen LogP contribution in [0.1, 0.15) is 19.3 Å². The Balaban J connectivity index is 2.09. The normalized spacial score (nSPS) is 21.9. The molecule has 1 fully saturated rings. The Hall–Kier alpha value is -1.09. The molecule has 0 aliphatic carbocycles. The van der Waals surface area contributed by atoms with Gasteiger partial charge >= 0.3 is 0 Å². The molecule has 1 heterocycles. The molecule has 2 N–H and O–H groups in total. The van der Waals surface area contributed by atoms with Crippen molar-refractivity contribution in [1.29, 1.82) is 0 Å². The predicted molar refractivity (Wildman–Crippen MR) is 65.0 cm³/mol. The van der Waals surface area contributed by atoms with Crippen LogP contribution in [0.15, 0.2) is 24.3 Å². The number of halogens is 1. The summed E-state index contributed by atoms with van der Waals surface area (Å²) in [5.74, 6) is 0.404. The van der Waals surface area contributed by atoms with E-state index in [9.17, 15) is 4.39 Å². The topological polar surface area (TPSA) is 29.3 Å². The molecular formula is C13H19FN2. The molecule has 0 spiro atoms. The molecule has 0 aromatic heterocycles. The predicted octanol–water partition coefficient (Wildman–Crippen LogP) is 2.39. The number of anilines is 1. The maximum atomic E-state index is 12.8. The van der Waals surface area contributed by atoms with Crippen molar-refractivity contribution >= 4 is 5.69 Å². The van der Waals surface area contributed by atoms with E-state index >= 15 is 0 Å². The summed E-state index contributed by atoms with van der Waals surface area (Å²) in [5.41, 5.74) is 6.86. The van der Waals surface area contributed by atoms with E-state index < -0.39 is 0 Å². The van der Waals surface area contributed by atoms with Gasteiger partial charge in [0.25, 0.3) is 0 Å². The van der Waals surface area contributed by atoms with E-state index in [-0.39, 0.29) is 5.82 Å². The van der Waals surface area contributed by atoms with Gasteiger partial charge in [-0.1, -0.05) is 6.42 Å².